The molecule has 3 rings (SSSR count). The van der Waals surface area contributed by atoms with Crippen molar-refractivity contribution in [2.45, 2.75) is 13.5 Å². The van der Waals surface area contributed by atoms with Crippen molar-refractivity contribution < 1.29 is 9.21 Å². The van der Waals surface area contributed by atoms with E-state index in [1.165, 1.54) is 11.3 Å². The standard InChI is InChI=1S/C16H13ClN2O2S/c1-10-19-13(9-22-10)14-6-7-15(21-14)16(20)18-8-11-4-2-3-5-12(11)17/h2-7,9H,8H2,1H3,(H,18,20). The smallest absolute Gasteiger partial charge is 0.287 e. The predicted molar refractivity (Wildman–Crippen MR) is 87.2 cm³/mol. The fraction of sp³-hybridized carbons (Fsp3) is 0.125. The lowest BCUT2D eigenvalue weighted by Crippen LogP contribution is -2.22. The van der Waals surface area contributed by atoms with Crippen LogP contribution in [-0.2, 0) is 6.54 Å². The van der Waals surface area contributed by atoms with Crippen molar-refractivity contribution in [3.8, 4) is 11.5 Å². The van der Waals surface area contributed by atoms with E-state index in [9.17, 15) is 4.79 Å². The number of aryl methyl sites for hydroxylation is 1. The van der Waals surface area contributed by atoms with Gasteiger partial charge in [0.1, 0.15) is 5.69 Å². The van der Waals surface area contributed by atoms with Crippen molar-refractivity contribution in [2.75, 3.05) is 0 Å². The molecule has 0 bridgehead atoms. The Balaban J connectivity index is 1.68. The van der Waals surface area contributed by atoms with Gasteiger partial charge in [0.05, 0.1) is 5.01 Å². The Kier molecular flexibility index (Phi) is 4.27. The van der Waals surface area contributed by atoms with Gasteiger partial charge in [0, 0.05) is 16.9 Å². The van der Waals surface area contributed by atoms with Crippen LogP contribution in [0.1, 0.15) is 21.1 Å². The lowest BCUT2D eigenvalue weighted by molar-refractivity contribution is 0.0924. The zero-order valence-corrected chi connectivity index (χ0v) is 13.4. The van der Waals surface area contributed by atoms with Gasteiger partial charge >= 0.3 is 0 Å². The maximum absolute atomic E-state index is 12.1. The minimum atomic E-state index is -0.280. The van der Waals surface area contributed by atoms with E-state index in [-0.39, 0.29) is 11.7 Å². The molecule has 0 spiro atoms. The number of nitrogens with one attached hydrogen (secondary N) is 1. The highest BCUT2D eigenvalue weighted by Crippen LogP contribution is 2.23. The van der Waals surface area contributed by atoms with Crippen LogP contribution < -0.4 is 5.32 Å². The molecule has 112 valence electrons. The molecule has 0 unspecified atom stereocenters. The van der Waals surface area contributed by atoms with Gasteiger partial charge in [-0.1, -0.05) is 29.8 Å². The Hall–Kier alpha value is -2.11. The molecular weight excluding hydrogens is 320 g/mol. The third-order valence-electron chi connectivity index (χ3n) is 3.10. The van der Waals surface area contributed by atoms with Crippen LogP contribution in [-0.4, -0.2) is 10.9 Å². The summed E-state index contributed by atoms with van der Waals surface area (Å²) in [6.45, 7) is 2.28. The van der Waals surface area contributed by atoms with Crippen LogP contribution in [0, 0.1) is 6.92 Å². The molecule has 2 aromatic heterocycles. The fourth-order valence-electron chi connectivity index (χ4n) is 1.98. The van der Waals surface area contributed by atoms with E-state index in [0.717, 1.165) is 16.3 Å². The quantitative estimate of drug-likeness (QED) is 0.775. The van der Waals surface area contributed by atoms with Gasteiger partial charge in [-0.05, 0) is 30.7 Å². The zero-order valence-electron chi connectivity index (χ0n) is 11.8. The van der Waals surface area contributed by atoms with E-state index in [0.29, 0.717) is 17.3 Å². The molecule has 0 saturated carbocycles. The van der Waals surface area contributed by atoms with Crippen molar-refractivity contribution in [2.24, 2.45) is 0 Å². The monoisotopic (exact) mass is 332 g/mol. The van der Waals surface area contributed by atoms with Crippen LogP contribution in [0.2, 0.25) is 5.02 Å². The van der Waals surface area contributed by atoms with Crippen LogP contribution in [0.3, 0.4) is 0 Å². The molecule has 0 saturated heterocycles. The fourth-order valence-corrected chi connectivity index (χ4v) is 2.78. The lowest BCUT2D eigenvalue weighted by Gasteiger charge is -2.05. The second-order valence-corrected chi connectivity index (χ2v) is 6.16. The Morgan fingerprint density at radius 1 is 1.32 bits per heavy atom. The van der Waals surface area contributed by atoms with Gasteiger partial charge in [-0.15, -0.1) is 11.3 Å². The summed E-state index contributed by atoms with van der Waals surface area (Å²) in [5.41, 5.74) is 1.60. The van der Waals surface area contributed by atoms with Gasteiger partial charge in [-0.25, -0.2) is 4.98 Å². The Labute approximate surface area is 136 Å². The molecule has 3 aromatic rings. The van der Waals surface area contributed by atoms with Gasteiger partial charge in [0.15, 0.2) is 11.5 Å². The highest BCUT2D eigenvalue weighted by atomic mass is 35.5. The molecule has 0 fully saturated rings. The van der Waals surface area contributed by atoms with Crippen molar-refractivity contribution in [3.63, 3.8) is 0 Å². The molecule has 1 N–H and O–H groups in total. The SMILES string of the molecule is Cc1nc(-c2ccc(C(=O)NCc3ccccc3Cl)o2)cs1. The second kappa shape index (κ2) is 6.34. The Morgan fingerprint density at radius 2 is 2.14 bits per heavy atom. The number of nitrogens with zero attached hydrogens (tertiary/aromatic N) is 1. The first-order chi connectivity index (χ1) is 10.6. The van der Waals surface area contributed by atoms with E-state index in [4.69, 9.17) is 16.0 Å². The normalized spacial score (nSPS) is 10.6. The number of hydrogen-bond donors (Lipinski definition) is 1. The van der Waals surface area contributed by atoms with Crippen LogP contribution in [0.15, 0.2) is 46.2 Å². The van der Waals surface area contributed by atoms with Crippen LogP contribution in [0.4, 0.5) is 0 Å². The van der Waals surface area contributed by atoms with E-state index in [1.807, 2.05) is 30.5 Å². The Morgan fingerprint density at radius 3 is 2.86 bits per heavy atom. The number of furan rings is 1. The summed E-state index contributed by atoms with van der Waals surface area (Å²) < 4.78 is 5.56. The first kappa shape index (κ1) is 14.8. The van der Waals surface area contributed by atoms with Gasteiger partial charge in [-0.2, -0.15) is 0 Å². The largest absolute Gasteiger partial charge is 0.449 e. The van der Waals surface area contributed by atoms with Crippen molar-refractivity contribution >= 4 is 28.8 Å². The average Bonchev–Trinajstić information content (AvgIpc) is 3.15. The van der Waals surface area contributed by atoms with Gasteiger partial charge in [0.25, 0.3) is 5.91 Å². The first-order valence-electron chi connectivity index (χ1n) is 6.67. The molecule has 2 heterocycles. The zero-order chi connectivity index (χ0) is 15.5. The summed E-state index contributed by atoms with van der Waals surface area (Å²) in [5.74, 6) is 0.568. The number of halogens is 1. The van der Waals surface area contributed by atoms with Gasteiger partial charge < -0.3 is 9.73 Å². The molecule has 0 aliphatic carbocycles. The number of hydrogen-bond acceptors (Lipinski definition) is 4. The van der Waals surface area contributed by atoms with Crippen LogP contribution >= 0.6 is 22.9 Å². The lowest BCUT2D eigenvalue weighted by atomic mass is 10.2. The summed E-state index contributed by atoms with van der Waals surface area (Å²) in [5, 5.41) is 6.27. The van der Waals surface area contributed by atoms with E-state index in [2.05, 4.69) is 10.3 Å². The van der Waals surface area contributed by atoms with E-state index >= 15 is 0 Å². The summed E-state index contributed by atoms with van der Waals surface area (Å²) in [6, 6.07) is 10.8. The third-order valence-corrected chi connectivity index (χ3v) is 4.24. The van der Waals surface area contributed by atoms with Crippen LogP contribution in [0.25, 0.3) is 11.5 Å². The average molecular weight is 333 g/mol. The number of carbonyl (C=O) groups excluding carboxylic acids is 1. The number of thiazole rings is 1. The molecule has 6 heteroatoms. The highest BCUT2D eigenvalue weighted by Gasteiger charge is 2.13. The molecule has 22 heavy (non-hydrogen) atoms. The summed E-state index contributed by atoms with van der Waals surface area (Å²) in [7, 11) is 0. The molecule has 1 aromatic carbocycles. The minimum Gasteiger partial charge on any atom is -0.449 e. The van der Waals surface area contributed by atoms with Crippen molar-refractivity contribution in [1.29, 1.82) is 0 Å². The number of benzene rings is 1. The first-order valence-corrected chi connectivity index (χ1v) is 7.93. The summed E-state index contributed by atoms with van der Waals surface area (Å²) >= 11 is 7.60. The molecule has 4 nitrogen and oxygen atoms in total. The summed E-state index contributed by atoms with van der Waals surface area (Å²) in [6.07, 6.45) is 0. The second-order valence-electron chi connectivity index (χ2n) is 4.69. The number of carbonyl (C=O) groups is 1. The number of aromatic nitrogens is 1. The molecule has 0 atom stereocenters. The van der Waals surface area contributed by atoms with Crippen molar-refractivity contribution in [1.82, 2.24) is 10.3 Å². The topological polar surface area (TPSA) is 55.1 Å². The molecule has 0 radical (unpaired) electrons. The number of amides is 1. The van der Waals surface area contributed by atoms with Crippen LogP contribution in [0.5, 0.6) is 0 Å². The van der Waals surface area contributed by atoms with E-state index in [1.54, 1.807) is 18.2 Å². The predicted octanol–water partition coefficient (Wildman–Crippen LogP) is 4.29. The third kappa shape index (κ3) is 3.21. The number of rotatable bonds is 4. The van der Waals surface area contributed by atoms with Gasteiger partial charge in [0.2, 0.25) is 0 Å². The van der Waals surface area contributed by atoms with Crippen molar-refractivity contribution in [3.05, 3.63) is 63.1 Å². The molecular formula is C16H13ClN2O2S. The Bertz CT molecular complexity index is 810. The maximum atomic E-state index is 12.1. The molecule has 0 aliphatic rings. The minimum absolute atomic E-state index is 0.257. The molecule has 0 aliphatic heterocycles. The maximum Gasteiger partial charge on any atom is 0.287 e. The molecule has 1 amide bonds. The van der Waals surface area contributed by atoms with E-state index < -0.39 is 0 Å². The highest BCUT2D eigenvalue weighted by molar-refractivity contribution is 7.09. The van der Waals surface area contributed by atoms with Gasteiger partial charge in [-0.3, -0.25) is 4.79 Å². The summed E-state index contributed by atoms with van der Waals surface area (Å²) in [4.78, 5) is 16.4.